The van der Waals surface area contributed by atoms with Crippen LogP contribution >= 0.6 is 35.6 Å². The number of non-ortho nitro benzene ring substituents is 1. The van der Waals surface area contributed by atoms with Gasteiger partial charge in [-0.05, 0) is 29.3 Å². The molecular formula is C20H17ClN2O5S2. The zero-order chi connectivity index (χ0) is 21.7. The van der Waals surface area contributed by atoms with Gasteiger partial charge in [0.2, 0.25) is 0 Å². The highest BCUT2D eigenvalue weighted by Gasteiger charge is 2.31. The van der Waals surface area contributed by atoms with Crippen LogP contribution in [0.5, 0.6) is 5.75 Å². The van der Waals surface area contributed by atoms with Gasteiger partial charge in [0.15, 0.2) is 0 Å². The van der Waals surface area contributed by atoms with Crippen molar-refractivity contribution in [1.82, 2.24) is 4.90 Å². The molecule has 2 aromatic rings. The van der Waals surface area contributed by atoms with Crippen LogP contribution < -0.4 is 4.74 Å². The molecule has 0 N–H and O–H groups in total. The van der Waals surface area contributed by atoms with Crippen molar-refractivity contribution in [1.29, 1.82) is 0 Å². The first kappa shape index (κ1) is 22.2. The summed E-state index contributed by atoms with van der Waals surface area (Å²) >= 11 is 12.8. The first-order valence-electron chi connectivity index (χ1n) is 8.79. The maximum absolute atomic E-state index is 12.5. The number of ether oxygens (including phenoxy) is 2. The third-order valence-electron chi connectivity index (χ3n) is 4.16. The summed E-state index contributed by atoms with van der Waals surface area (Å²) < 4.78 is 11.2. The number of thioether (sulfide) groups is 1. The highest BCUT2D eigenvalue weighted by Crippen LogP contribution is 2.34. The van der Waals surface area contributed by atoms with Crippen molar-refractivity contribution < 1.29 is 19.2 Å². The minimum Gasteiger partial charge on any atom is -0.487 e. The molecule has 156 valence electrons. The zero-order valence-electron chi connectivity index (χ0n) is 15.9. The summed E-state index contributed by atoms with van der Waals surface area (Å²) in [4.78, 5) is 24.9. The van der Waals surface area contributed by atoms with Gasteiger partial charge in [-0.1, -0.05) is 53.8 Å². The molecule has 0 spiro atoms. The van der Waals surface area contributed by atoms with Gasteiger partial charge < -0.3 is 9.47 Å². The Labute approximate surface area is 187 Å². The molecule has 7 nitrogen and oxygen atoms in total. The Kier molecular flexibility index (Phi) is 7.43. The lowest BCUT2D eigenvalue weighted by Gasteiger charge is -2.13. The Morgan fingerprint density at radius 3 is 2.80 bits per heavy atom. The molecule has 0 atom stereocenters. The number of thiocarbonyl (C=S) groups is 1. The SMILES string of the molecule is COCCN1C(=O)/C(=C/c2ccc(OCc3cccc([N+](=O)[O-])c3)c(Cl)c2)SC1=S. The molecule has 0 aromatic heterocycles. The van der Waals surface area contributed by atoms with Gasteiger partial charge in [0.05, 0.1) is 28.0 Å². The Morgan fingerprint density at radius 1 is 1.30 bits per heavy atom. The number of halogens is 1. The van der Waals surface area contributed by atoms with E-state index in [2.05, 4.69) is 0 Å². The first-order chi connectivity index (χ1) is 14.4. The number of nitrogens with zero attached hydrogens (tertiary/aromatic N) is 2. The normalized spacial score (nSPS) is 15.1. The lowest BCUT2D eigenvalue weighted by atomic mass is 10.2. The molecule has 0 unspecified atom stereocenters. The molecule has 0 saturated carbocycles. The standard InChI is InChI=1S/C20H17ClN2O5S2/c1-27-8-7-22-19(24)18(30-20(22)29)11-13-5-6-17(16(21)10-13)28-12-14-3-2-4-15(9-14)23(25)26/h2-6,9-11H,7-8,12H2,1H3/b18-11-. The van der Waals surface area contributed by atoms with Gasteiger partial charge in [-0.15, -0.1) is 0 Å². The van der Waals surface area contributed by atoms with Crippen LogP contribution in [0.2, 0.25) is 5.02 Å². The molecular weight excluding hydrogens is 448 g/mol. The predicted molar refractivity (Wildman–Crippen MR) is 121 cm³/mol. The van der Waals surface area contributed by atoms with Crippen LogP contribution in [0, 0.1) is 10.1 Å². The van der Waals surface area contributed by atoms with Crippen LogP contribution in [0.25, 0.3) is 6.08 Å². The van der Waals surface area contributed by atoms with Crippen molar-refractivity contribution in [2.75, 3.05) is 20.3 Å². The first-order valence-corrected chi connectivity index (χ1v) is 10.4. The summed E-state index contributed by atoms with van der Waals surface area (Å²) in [5.74, 6) is 0.275. The van der Waals surface area contributed by atoms with Gasteiger partial charge in [0.1, 0.15) is 16.7 Å². The number of carbonyl (C=O) groups excluding carboxylic acids is 1. The summed E-state index contributed by atoms with van der Waals surface area (Å²) in [5.41, 5.74) is 1.39. The van der Waals surface area contributed by atoms with E-state index in [-0.39, 0.29) is 18.2 Å². The second-order valence-electron chi connectivity index (χ2n) is 6.23. The van der Waals surface area contributed by atoms with Crippen molar-refractivity contribution >= 4 is 57.6 Å². The minimum atomic E-state index is -0.455. The minimum absolute atomic E-state index is 0.000331. The largest absolute Gasteiger partial charge is 0.487 e. The average molecular weight is 465 g/mol. The van der Waals surface area contributed by atoms with Gasteiger partial charge >= 0.3 is 0 Å². The fraction of sp³-hybridized carbons (Fsp3) is 0.200. The van der Waals surface area contributed by atoms with E-state index in [1.54, 1.807) is 43.5 Å². The fourth-order valence-electron chi connectivity index (χ4n) is 2.67. The van der Waals surface area contributed by atoms with E-state index in [0.717, 1.165) is 5.56 Å². The van der Waals surface area contributed by atoms with E-state index in [1.165, 1.54) is 28.8 Å². The second kappa shape index (κ2) is 10.0. The summed E-state index contributed by atoms with van der Waals surface area (Å²) in [7, 11) is 1.57. The van der Waals surface area contributed by atoms with E-state index >= 15 is 0 Å². The lowest BCUT2D eigenvalue weighted by Crippen LogP contribution is -2.31. The van der Waals surface area contributed by atoms with Gasteiger partial charge in [0, 0.05) is 19.2 Å². The van der Waals surface area contributed by atoms with Crippen molar-refractivity contribution in [3.63, 3.8) is 0 Å². The number of hydrogen-bond donors (Lipinski definition) is 0. The number of amides is 1. The highest BCUT2D eigenvalue weighted by atomic mass is 35.5. The monoisotopic (exact) mass is 464 g/mol. The average Bonchev–Trinajstić information content (AvgIpc) is 2.98. The van der Waals surface area contributed by atoms with E-state index in [0.29, 0.717) is 38.7 Å². The zero-order valence-corrected chi connectivity index (χ0v) is 18.3. The topological polar surface area (TPSA) is 81.9 Å². The number of rotatable bonds is 8. The molecule has 1 heterocycles. The molecule has 0 aliphatic carbocycles. The Hall–Kier alpha value is -2.46. The molecule has 1 saturated heterocycles. The number of carbonyl (C=O) groups is 1. The molecule has 1 fully saturated rings. The molecule has 1 amide bonds. The summed E-state index contributed by atoms with van der Waals surface area (Å²) in [6, 6.07) is 11.4. The number of hydrogen-bond acceptors (Lipinski definition) is 7. The van der Waals surface area contributed by atoms with Crippen molar-refractivity contribution in [2.45, 2.75) is 6.61 Å². The molecule has 3 rings (SSSR count). The van der Waals surface area contributed by atoms with Crippen molar-refractivity contribution in [3.05, 3.63) is 73.6 Å². The Bertz CT molecular complexity index is 1030. The van der Waals surface area contributed by atoms with E-state index in [1.807, 2.05) is 0 Å². The third-order valence-corrected chi connectivity index (χ3v) is 5.84. The van der Waals surface area contributed by atoms with Crippen LogP contribution in [0.4, 0.5) is 5.69 Å². The maximum atomic E-state index is 12.5. The molecule has 1 aliphatic rings. The lowest BCUT2D eigenvalue weighted by molar-refractivity contribution is -0.384. The van der Waals surface area contributed by atoms with Gasteiger partial charge in [0.25, 0.3) is 11.6 Å². The van der Waals surface area contributed by atoms with Gasteiger partial charge in [-0.2, -0.15) is 0 Å². The van der Waals surface area contributed by atoms with Crippen molar-refractivity contribution in [2.24, 2.45) is 0 Å². The van der Waals surface area contributed by atoms with Crippen LogP contribution in [0.3, 0.4) is 0 Å². The van der Waals surface area contributed by atoms with Crippen LogP contribution in [0.1, 0.15) is 11.1 Å². The number of nitro groups is 1. The van der Waals surface area contributed by atoms with E-state index in [4.69, 9.17) is 33.3 Å². The predicted octanol–water partition coefficient (Wildman–Crippen LogP) is 4.67. The van der Waals surface area contributed by atoms with Crippen LogP contribution in [-0.2, 0) is 16.1 Å². The van der Waals surface area contributed by atoms with E-state index < -0.39 is 4.92 Å². The summed E-state index contributed by atoms with van der Waals surface area (Å²) in [5, 5.41) is 11.2. The number of nitro benzene ring substituents is 1. The van der Waals surface area contributed by atoms with Gasteiger partial charge in [-0.3, -0.25) is 19.8 Å². The molecule has 0 bridgehead atoms. The molecule has 1 aliphatic heterocycles. The Morgan fingerprint density at radius 2 is 2.10 bits per heavy atom. The van der Waals surface area contributed by atoms with Crippen LogP contribution in [0.15, 0.2) is 47.4 Å². The van der Waals surface area contributed by atoms with E-state index in [9.17, 15) is 14.9 Å². The summed E-state index contributed by atoms with van der Waals surface area (Å²) in [6.07, 6.45) is 1.72. The highest BCUT2D eigenvalue weighted by molar-refractivity contribution is 8.26. The smallest absolute Gasteiger partial charge is 0.269 e. The quantitative estimate of drug-likeness (QED) is 0.243. The molecule has 30 heavy (non-hydrogen) atoms. The van der Waals surface area contributed by atoms with Crippen LogP contribution in [-0.4, -0.2) is 40.3 Å². The third kappa shape index (κ3) is 5.37. The molecule has 0 radical (unpaired) electrons. The Balaban J connectivity index is 1.69. The molecule has 10 heteroatoms. The number of benzene rings is 2. The molecule has 2 aromatic carbocycles. The fourth-order valence-corrected chi connectivity index (χ4v) is 4.22. The second-order valence-corrected chi connectivity index (χ2v) is 8.31. The summed E-state index contributed by atoms with van der Waals surface area (Å²) in [6.45, 7) is 0.949. The number of methoxy groups -OCH3 is 1. The van der Waals surface area contributed by atoms with Gasteiger partial charge in [-0.25, -0.2) is 0 Å². The van der Waals surface area contributed by atoms with Crippen molar-refractivity contribution in [3.8, 4) is 5.75 Å². The maximum Gasteiger partial charge on any atom is 0.269 e.